The summed E-state index contributed by atoms with van der Waals surface area (Å²) in [5.41, 5.74) is 0.797. The van der Waals surface area contributed by atoms with Crippen molar-refractivity contribution in [1.82, 2.24) is 4.90 Å². The van der Waals surface area contributed by atoms with E-state index < -0.39 is 35.7 Å². The van der Waals surface area contributed by atoms with Crippen molar-refractivity contribution in [3.8, 4) is 0 Å². The van der Waals surface area contributed by atoms with Crippen molar-refractivity contribution in [1.29, 1.82) is 0 Å². The topological polar surface area (TPSA) is 108 Å². The minimum atomic E-state index is -1.04. The van der Waals surface area contributed by atoms with E-state index in [-0.39, 0.29) is 31.2 Å². The Balaban J connectivity index is 1.50. The molecule has 0 saturated carbocycles. The first-order valence-corrected chi connectivity index (χ1v) is 12.5. The van der Waals surface area contributed by atoms with E-state index in [9.17, 15) is 23.6 Å². The molecule has 196 valence electrons. The maximum Gasteiger partial charge on any atom is 0.322 e. The fraction of sp³-hybridized carbons (Fsp3) is 0.385. The van der Waals surface area contributed by atoms with Gasteiger partial charge < -0.3 is 25.2 Å². The van der Waals surface area contributed by atoms with Crippen molar-refractivity contribution in [2.45, 2.75) is 38.6 Å². The second-order valence-electron chi connectivity index (χ2n) is 8.95. The van der Waals surface area contributed by atoms with Crippen molar-refractivity contribution in [2.75, 3.05) is 35.2 Å². The number of likely N-dealkylation sites (tertiary alicyclic amines) is 1. The van der Waals surface area contributed by atoms with Crippen LogP contribution in [-0.4, -0.2) is 54.5 Å². The maximum atomic E-state index is 14.9. The second kappa shape index (κ2) is 11.6. The number of carbonyl (C=O) groups is 4. The highest BCUT2D eigenvalue weighted by molar-refractivity contribution is 6.30. The lowest BCUT2D eigenvalue weighted by Crippen LogP contribution is -2.45. The number of esters is 1. The lowest BCUT2D eigenvalue weighted by atomic mass is 10.1. The molecule has 2 N–H and O–H groups in total. The van der Waals surface area contributed by atoms with Crippen LogP contribution in [0.5, 0.6) is 0 Å². The fourth-order valence-corrected chi connectivity index (χ4v) is 4.66. The summed E-state index contributed by atoms with van der Waals surface area (Å²) in [5.74, 6) is -2.63. The maximum absolute atomic E-state index is 14.9. The molecule has 2 aromatic carbocycles. The lowest BCUT2D eigenvalue weighted by molar-refractivity contribution is -0.147. The Morgan fingerprint density at radius 1 is 1.11 bits per heavy atom. The van der Waals surface area contributed by atoms with Gasteiger partial charge in [0.05, 0.1) is 18.2 Å². The average Bonchev–Trinajstić information content (AvgIpc) is 3.33. The number of anilines is 3. The number of hydrogen-bond donors (Lipinski definition) is 2. The lowest BCUT2D eigenvalue weighted by Gasteiger charge is -2.27. The van der Waals surface area contributed by atoms with Crippen LogP contribution in [0.4, 0.5) is 26.2 Å². The zero-order valence-corrected chi connectivity index (χ0v) is 21.1. The van der Waals surface area contributed by atoms with Crippen LogP contribution in [0.15, 0.2) is 42.5 Å². The molecule has 0 aliphatic carbocycles. The summed E-state index contributed by atoms with van der Waals surface area (Å²) in [4.78, 5) is 53.6. The molecule has 2 aromatic rings. The van der Waals surface area contributed by atoms with E-state index in [1.165, 1.54) is 21.9 Å². The predicted octanol–water partition coefficient (Wildman–Crippen LogP) is 4.42. The van der Waals surface area contributed by atoms with E-state index in [0.717, 1.165) is 12.8 Å². The first-order chi connectivity index (χ1) is 17.8. The third kappa shape index (κ3) is 6.19. The number of hydrogen-bond acceptors (Lipinski definition) is 5. The van der Waals surface area contributed by atoms with Gasteiger partial charge in [0.2, 0.25) is 11.8 Å². The van der Waals surface area contributed by atoms with Gasteiger partial charge in [-0.25, -0.2) is 9.18 Å². The number of piperidine rings is 1. The highest BCUT2D eigenvalue weighted by atomic mass is 35.5. The molecule has 0 bridgehead atoms. The Labute approximate surface area is 218 Å². The third-order valence-corrected chi connectivity index (χ3v) is 6.68. The number of halogens is 2. The Hall–Kier alpha value is -3.66. The Bertz CT molecular complexity index is 1190. The summed E-state index contributed by atoms with van der Waals surface area (Å²) in [6.45, 7) is 2.32. The normalized spacial score (nSPS) is 19.5. The number of ether oxygens (including phenoxy) is 1. The highest BCUT2D eigenvalue weighted by Gasteiger charge is 2.43. The molecule has 2 heterocycles. The SMILES string of the molecule is CCOC(=O)C1CC(C(=O)Nc2ccc(N3CCCCC3=O)cc2F)N(C(=O)Nc2ccc(Cl)cc2)C1. The number of nitrogens with zero attached hydrogens (tertiary/aromatic N) is 2. The highest BCUT2D eigenvalue weighted by Crippen LogP contribution is 2.29. The van der Waals surface area contributed by atoms with Gasteiger partial charge in [0.1, 0.15) is 11.9 Å². The molecule has 11 heteroatoms. The van der Waals surface area contributed by atoms with Gasteiger partial charge in [0.25, 0.3) is 0 Å². The van der Waals surface area contributed by atoms with E-state index in [4.69, 9.17) is 16.3 Å². The van der Waals surface area contributed by atoms with E-state index in [1.807, 2.05) is 0 Å². The van der Waals surface area contributed by atoms with Crippen molar-refractivity contribution in [3.63, 3.8) is 0 Å². The van der Waals surface area contributed by atoms with Gasteiger partial charge in [-0.2, -0.15) is 0 Å². The molecule has 0 aromatic heterocycles. The predicted molar refractivity (Wildman–Crippen MR) is 137 cm³/mol. The van der Waals surface area contributed by atoms with E-state index in [2.05, 4.69) is 10.6 Å². The van der Waals surface area contributed by atoms with Gasteiger partial charge in [-0.05, 0) is 68.7 Å². The van der Waals surface area contributed by atoms with Crippen molar-refractivity contribution >= 4 is 52.5 Å². The number of nitrogens with one attached hydrogen (secondary N) is 2. The average molecular weight is 531 g/mol. The Kier molecular flexibility index (Phi) is 8.27. The summed E-state index contributed by atoms with van der Waals surface area (Å²) in [7, 11) is 0. The Morgan fingerprint density at radius 3 is 2.54 bits per heavy atom. The summed E-state index contributed by atoms with van der Waals surface area (Å²) < 4.78 is 20.0. The number of urea groups is 1. The monoisotopic (exact) mass is 530 g/mol. The minimum absolute atomic E-state index is 0.0285. The Morgan fingerprint density at radius 2 is 1.86 bits per heavy atom. The van der Waals surface area contributed by atoms with Crippen LogP contribution < -0.4 is 15.5 Å². The number of rotatable bonds is 6. The van der Waals surface area contributed by atoms with Gasteiger partial charge in [-0.1, -0.05) is 11.6 Å². The molecular formula is C26H28ClFN4O5. The number of carbonyl (C=O) groups excluding carboxylic acids is 4. The first-order valence-electron chi connectivity index (χ1n) is 12.2. The molecule has 2 aliphatic rings. The van der Waals surface area contributed by atoms with E-state index >= 15 is 0 Å². The van der Waals surface area contributed by atoms with Gasteiger partial charge in [-0.15, -0.1) is 0 Å². The first kappa shape index (κ1) is 26.4. The second-order valence-corrected chi connectivity index (χ2v) is 9.38. The molecule has 2 atom stereocenters. The van der Waals surface area contributed by atoms with Crippen molar-refractivity contribution < 1.29 is 28.3 Å². The van der Waals surface area contributed by atoms with Gasteiger partial charge >= 0.3 is 12.0 Å². The van der Waals surface area contributed by atoms with Crippen molar-refractivity contribution in [2.24, 2.45) is 5.92 Å². The van der Waals surface area contributed by atoms with E-state index in [0.29, 0.717) is 29.4 Å². The molecule has 2 unspecified atom stereocenters. The van der Waals surface area contributed by atoms with E-state index in [1.54, 1.807) is 37.3 Å². The zero-order valence-electron chi connectivity index (χ0n) is 20.3. The molecule has 9 nitrogen and oxygen atoms in total. The number of amides is 4. The molecule has 0 radical (unpaired) electrons. The van der Waals surface area contributed by atoms with Crippen LogP contribution in [0.1, 0.15) is 32.6 Å². The van der Waals surface area contributed by atoms with Gasteiger partial charge in [0.15, 0.2) is 0 Å². The van der Waals surface area contributed by atoms with Gasteiger partial charge in [-0.3, -0.25) is 14.4 Å². The third-order valence-electron chi connectivity index (χ3n) is 6.43. The quantitative estimate of drug-likeness (QED) is 0.537. The van der Waals surface area contributed by atoms with Crippen molar-refractivity contribution in [3.05, 3.63) is 53.3 Å². The molecule has 2 aliphatic heterocycles. The standard InChI is InChI=1S/C26H28ClFN4O5/c1-2-37-25(35)16-13-22(32(15-16)26(36)29-18-8-6-17(27)7-9-18)24(34)30-21-11-10-19(14-20(21)28)31-12-4-3-5-23(31)33/h6-11,14,16,22H,2-5,12-13,15H2,1H3,(H,29,36)(H,30,34). The largest absolute Gasteiger partial charge is 0.466 e. The van der Waals surface area contributed by atoms with Crippen LogP contribution in [0.3, 0.4) is 0 Å². The molecular weight excluding hydrogens is 503 g/mol. The molecule has 0 spiro atoms. The van der Waals surface area contributed by atoms with Crippen LogP contribution >= 0.6 is 11.6 Å². The minimum Gasteiger partial charge on any atom is -0.466 e. The molecule has 2 saturated heterocycles. The summed E-state index contributed by atoms with van der Waals surface area (Å²) in [6, 6.07) is 8.98. The number of benzene rings is 2. The summed E-state index contributed by atoms with van der Waals surface area (Å²) in [6.07, 6.45) is 2.09. The summed E-state index contributed by atoms with van der Waals surface area (Å²) in [5, 5.41) is 5.72. The zero-order chi connectivity index (χ0) is 26.5. The molecule has 4 amide bonds. The molecule has 2 fully saturated rings. The summed E-state index contributed by atoms with van der Waals surface area (Å²) >= 11 is 5.90. The fourth-order valence-electron chi connectivity index (χ4n) is 4.54. The van der Waals surface area contributed by atoms with Gasteiger partial charge in [0, 0.05) is 35.9 Å². The molecule has 37 heavy (non-hydrogen) atoms. The smallest absolute Gasteiger partial charge is 0.322 e. The van der Waals surface area contributed by atoms with Crippen LogP contribution in [0, 0.1) is 11.7 Å². The van der Waals surface area contributed by atoms with Crippen LogP contribution in [0.2, 0.25) is 5.02 Å². The molecule has 4 rings (SSSR count). The van der Waals surface area contributed by atoms with Crippen LogP contribution in [0.25, 0.3) is 0 Å². The van der Waals surface area contributed by atoms with Crippen LogP contribution in [-0.2, 0) is 19.1 Å².